The van der Waals surface area contributed by atoms with E-state index in [4.69, 9.17) is 0 Å². The van der Waals surface area contributed by atoms with E-state index in [0.717, 1.165) is 52.1 Å². The molecule has 0 spiro atoms. The first-order chi connectivity index (χ1) is 10.8. The lowest BCUT2D eigenvalue weighted by molar-refractivity contribution is 0.133. The van der Waals surface area contributed by atoms with Gasteiger partial charge >= 0.3 is 6.03 Å². The Bertz CT molecular complexity index is 447. The summed E-state index contributed by atoms with van der Waals surface area (Å²) in [5.41, 5.74) is 0. The molecule has 0 bridgehead atoms. The zero-order valence-corrected chi connectivity index (χ0v) is 13.3. The molecule has 0 aromatic carbocycles. The molecule has 1 aromatic heterocycles. The van der Waals surface area contributed by atoms with Gasteiger partial charge in [-0.3, -0.25) is 4.90 Å². The van der Waals surface area contributed by atoms with Crippen molar-refractivity contribution in [3.05, 3.63) is 18.7 Å². The summed E-state index contributed by atoms with van der Waals surface area (Å²) in [6.45, 7) is 5.59. The highest BCUT2D eigenvalue weighted by Gasteiger charge is 2.23. The quantitative estimate of drug-likeness (QED) is 0.918. The maximum atomic E-state index is 12.3. The summed E-state index contributed by atoms with van der Waals surface area (Å²) in [4.78, 5) is 20.8. The molecule has 1 aliphatic heterocycles. The molecule has 122 valence electrons. The maximum absolute atomic E-state index is 12.3. The third-order valence-corrected chi connectivity index (χ3v) is 4.83. The summed E-state index contributed by atoms with van der Waals surface area (Å²) < 4.78 is 2.10. The molecule has 1 aromatic rings. The van der Waals surface area contributed by atoms with Crippen molar-refractivity contribution < 1.29 is 4.79 Å². The van der Waals surface area contributed by atoms with E-state index in [9.17, 15) is 4.79 Å². The molecule has 22 heavy (non-hydrogen) atoms. The average molecular weight is 305 g/mol. The lowest BCUT2D eigenvalue weighted by atomic mass is 9.96. The number of hydrogen-bond acceptors (Lipinski definition) is 3. The van der Waals surface area contributed by atoms with E-state index in [1.54, 1.807) is 0 Å². The van der Waals surface area contributed by atoms with Crippen molar-refractivity contribution in [1.82, 2.24) is 24.7 Å². The molecule has 6 heteroatoms. The molecule has 2 heterocycles. The smallest absolute Gasteiger partial charge is 0.317 e. The molecule has 1 saturated heterocycles. The van der Waals surface area contributed by atoms with Crippen LogP contribution in [-0.2, 0) is 6.54 Å². The van der Waals surface area contributed by atoms with Crippen LogP contribution in [0.3, 0.4) is 0 Å². The highest BCUT2D eigenvalue weighted by atomic mass is 16.2. The van der Waals surface area contributed by atoms with Crippen LogP contribution in [0.2, 0.25) is 0 Å². The summed E-state index contributed by atoms with van der Waals surface area (Å²) in [5.74, 6) is 0. The van der Waals surface area contributed by atoms with E-state index in [-0.39, 0.29) is 6.03 Å². The largest absolute Gasteiger partial charge is 0.336 e. The Hall–Kier alpha value is -1.56. The Morgan fingerprint density at radius 1 is 1.09 bits per heavy atom. The molecule has 0 unspecified atom stereocenters. The van der Waals surface area contributed by atoms with Gasteiger partial charge in [0.1, 0.15) is 0 Å². The van der Waals surface area contributed by atoms with E-state index in [0.29, 0.717) is 6.04 Å². The van der Waals surface area contributed by atoms with Crippen LogP contribution in [0.25, 0.3) is 0 Å². The molecule has 2 aliphatic rings. The van der Waals surface area contributed by atoms with Crippen LogP contribution in [0.5, 0.6) is 0 Å². The minimum atomic E-state index is 0.140. The minimum absolute atomic E-state index is 0.140. The predicted molar refractivity (Wildman–Crippen MR) is 85.6 cm³/mol. The second-order valence-electron chi connectivity index (χ2n) is 6.41. The predicted octanol–water partition coefficient (Wildman–Crippen LogP) is 1.54. The number of imidazole rings is 1. The number of carbonyl (C=O) groups is 1. The van der Waals surface area contributed by atoms with Crippen molar-refractivity contribution in [2.24, 2.45) is 0 Å². The van der Waals surface area contributed by atoms with Crippen LogP contribution in [-0.4, -0.2) is 64.1 Å². The van der Waals surface area contributed by atoms with Crippen LogP contribution in [0.1, 0.15) is 32.1 Å². The fourth-order valence-electron chi connectivity index (χ4n) is 3.36. The number of aromatic nitrogens is 2. The fourth-order valence-corrected chi connectivity index (χ4v) is 3.36. The zero-order valence-electron chi connectivity index (χ0n) is 13.3. The summed E-state index contributed by atoms with van der Waals surface area (Å²) in [7, 11) is 0. The minimum Gasteiger partial charge on any atom is -0.336 e. The summed E-state index contributed by atoms with van der Waals surface area (Å²) in [5, 5.41) is 3.21. The van der Waals surface area contributed by atoms with Crippen molar-refractivity contribution in [2.45, 2.75) is 44.7 Å². The standard InChI is InChI=1S/C16H27N5O/c22-16(18-15-4-2-1-3-5-15)21-12-10-19(11-13-21)8-9-20-7-6-17-14-20/h6-7,14-15H,1-5,8-13H2,(H,18,22). The Morgan fingerprint density at radius 2 is 1.86 bits per heavy atom. The molecule has 1 N–H and O–H groups in total. The van der Waals surface area contributed by atoms with Crippen LogP contribution in [0.15, 0.2) is 18.7 Å². The second-order valence-corrected chi connectivity index (χ2v) is 6.41. The molecule has 1 aliphatic carbocycles. The molecular formula is C16H27N5O. The molecule has 6 nitrogen and oxygen atoms in total. The summed E-state index contributed by atoms with van der Waals surface area (Å²) >= 11 is 0. The molecule has 3 rings (SSSR count). The Morgan fingerprint density at radius 3 is 2.55 bits per heavy atom. The number of amides is 2. The lowest BCUT2D eigenvalue weighted by Crippen LogP contribution is -2.53. The van der Waals surface area contributed by atoms with Gasteiger partial charge in [0.2, 0.25) is 0 Å². The lowest BCUT2D eigenvalue weighted by Gasteiger charge is -2.36. The van der Waals surface area contributed by atoms with E-state index in [1.807, 2.05) is 23.6 Å². The van der Waals surface area contributed by atoms with E-state index < -0.39 is 0 Å². The zero-order chi connectivity index (χ0) is 15.2. The van der Waals surface area contributed by atoms with Crippen LogP contribution in [0, 0.1) is 0 Å². The van der Waals surface area contributed by atoms with Gasteiger partial charge in [0.25, 0.3) is 0 Å². The van der Waals surface area contributed by atoms with E-state index >= 15 is 0 Å². The van der Waals surface area contributed by atoms with Gasteiger partial charge in [0.15, 0.2) is 0 Å². The van der Waals surface area contributed by atoms with Crippen molar-refractivity contribution in [3.8, 4) is 0 Å². The number of nitrogens with zero attached hydrogens (tertiary/aromatic N) is 4. The normalized spacial score (nSPS) is 21.0. The first kappa shape index (κ1) is 15.3. The highest BCUT2D eigenvalue weighted by Crippen LogP contribution is 2.17. The SMILES string of the molecule is O=C(NC1CCCCC1)N1CCN(CCn2ccnc2)CC1. The van der Waals surface area contributed by atoms with Crippen LogP contribution < -0.4 is 5.32 Å². The third-order valence-electron chi connectivity index (χ3n) is 4.83. The average Bonchev–Trinajstić information content (AvgIpc) is 3.08. The number of rotatable bonds is 4. The number of nitrogens with one attached hydrogen (secondary N) is 1. The molecule has 2 amide bonds. The van der Waals surface area contributed by atoms with Gasteiger partial charge in [-0.15, -0.1) is 0 Å². The number of carbonyl (C=O) groups excluding carboxylic acids is 1. The first-order valence-corrected chi connectivity index (χ1v) is 8.55. The Labute approximate surface area is 132 Å². The van der Waals surface area contributed by atoms with Crippen LogP contribution >= 0.6 is 0 Å². The topological polar surface area (TPSA) is 53.4 Å². The van der Waals surface area contributed by atoms with Gasteiger partial charge < -0.3 is 14.8 Å². The Balaban J connectivity index is 1.36. The number of hydrogen-bond donors (Lipinski definition) is 1. The fraction of sp³-hybridized carbons (Fsp3) is 0.750. The van der Waals surface area contributed by atoms with Crippen molar-refractivity contribution in [2.75, 3.05) is 32.7 Å². The molecular weight excluding hydrogens is 278 g/mol. The number of piperazine rings is 1. The maximum Gasteiger partial charge on any atom is 0.317 e. The van der Waals surface area contributed by atoms with Gasteiger partial charge in [-0.1, -0.05) is 19.3 Å². The van der Waals surface area contributed by atoms with Crippen molar-refractivity contribution >= 4 is 6.03 Å². The molecule has 2 fully saturated rings. The summed E-state index contributed by atoms with van der Waals surface area (Å²) in [6.07, 6.45) is 11.8. The Kier molecular flexibility index (Phi) is 5.32. The van der Waals surface area contributed by atoms with Gasteiger partial charge in [0, 0.05) is 57.7 Å². The highest BCUT2D eigenvalue weighted by molar-refractivity contribution is 5.74. The van der Waals surface area contributed by atoms with Crippen LogP contribution in [0.4, 0.5) is 4.79 Å². The van der Waals surface area contributed by atoms with Gasteiger partial charge in [-0.25, -0.2) is 9.78 Å². The van der Waals surface area contributed by atoms with Gasteiger partial charge in [0.05, 0.1) is 6.33 Å². The molecule has 0 atom stereocenters. The van der Waals surface area contributed by atoms with E-state index in [2.05, 4.69) is 19.8 Å². The van der Waals surface area contributed by atoms with E-state index in [1.165, 1.54) is 19.3 Å². The van der Waals surface area contributed by atoms with Crippen molar-refractivity contribution in [3.63, 3.8) is 0 Å². The third kappa shape index (κ3) is 4.22. The monoisotopic (exact) mass is 305 g/mol. The first-order valence-electron chi connectivity index (χ1n) is 8.55. The molecule has 0 radical (unpaired) electrons. The van der Waals surface area contributed by atoms with Crippen molar-refractivity contribution in [1.29, 1.82) is 0 Å². The van der Waals surface area contributed by atoms with Gasteiger partial charge in [-0.2, -0.15) is 0 Å². The number of urea groups is 1. The van der Waals surface area contributed by atoms with Gasteiger partial charge in [-0.05, 0) is 12.8 Å². The molecule has 1 saturated carbocycles. The second kappa shape index (κ2) is 7.63. The summed E-state index contributed by atoms with van der Waals surface area (Å²) in [6, 6.07) is 0.543.